The number of anilines is 1. The van der Waals surface area contributed by atoms with E-state index in [1.165, 1.54) is 12.1 Å². The van der Waals surface area contributed by atoms with E-state index in [0.717, 1.165) is 26.1 Å². The highest BCUT2D eigenvalue weighted by molar-refractivity contribution is 14.1. The van der Waals surface area contributed by atoms with Crippen LogP contribution in [0, 0.1) is 9.52 Å². The fourth-order valence-corrected chi connectivity index (χ4v) is 3.73. The number of carbonyl (C=O) groups is 1. The molecule has 1 aliphatic rings. The second-order valence-corrected chi connectivity index (χ2v) is 7.50. The van der Waals surface area contributed by atoms with Crippen molar-refractivity contribution >= 4 is 45.5 Å². The van der Waals surface area contributed by atoms with Gasteiger partial charge in [0.2, 0.25) is 0 Å². The normalized spacial score (nSPS) is 14.6. The average molecular weight is 480 g/mol. The molecule has 9 heteroatoms. The predicted molar refractivity (Wildman–Crippen MR) is 109 cm³/mol. The second kappa shape index (κ2) is 7.67. The van der Waals surface area contributed by atoms with Crippen molar-refractivity contribution in [3.63, 3.8) is 0 Å². The number of hydrogen-bond acceptors (Lipinski definition) is 4. The number of aromatic amines is 1. The summed E-state index contributed by atoms with van der Waals surface area (Å²) < 4.78 is 14.0. The van der Waals surface area contributed by atoms with Gasteiger partial charge < -0.3 is 20.1 Å². The van der Waals surface area contributed by atoms with Gasteiger partial charge in [0.25, 0.3) is 0 Å². The quantitative estimate of drug-likeness (QED) is 0.566. The molecule has 7 nitrogen and oxygen atoms in total. The van der Waals surface area contributed by atoms with Crippen LogP contribution >= 0.6 is 22.6 Å². The van der Waals surface area contributed by atoms with Gasteiger partial charge in [-0.1, -0.05) is 12.1 Å². The van der Waals surface area contributed by atoms with E-state index in [0.29, 0.717) is 32.7 Å². The lowest BCUT2D eigenvalue weighted by atomic mass is 10.2. The highest BCUT2D eigenvalue weighted by atomic mass is 127. The number of amides is 2. The largest absolute Gasteiger partial charge is 0.352 e. The number of hydrogen-bond donors (Lipinski definition) is 2. The zero-order valence-electron chi connectivity index (χ0n) is 14.5. The fraction of sp³-hybridized carbons (Fsp3) is 0.278. The number of benzene rings is 1. The summed E-state index contributed by atoms with van der Waals surface area (Å²) in [7, 11) is 0. The van der Waals surface area contributed by atoms with Crippen LogP contribution < -0.4 is 10.2 Å². The minimum absolute atomic E-state index is 0.108. The lowest BCUT2D eigenvalue weighted by Crippen LogP contribution is -2.52. The Bertz CT molecular complexity index is 952. The Balaban J connectivity index is 1.35. The Labute approximate surface area is 169 Å². The molecule has 2 N–H and O–H groups in total. The molecule has 1 fully saturated rings. The number of urea groups is 1. The Kier molecular flexibility index (Phi) is 5.10. The van der Waals surface area contributed by atoms with Crippen molar-refractivity contribution in [3.8, 4) is 0 Å². The van der Waals surface area contributed by atoms with Gasteiger partial charge in [0.1, 0.15) is 23.6 Å². The summed E-state index contributed by atoms with van der Waals surface area (Å²) in [5, 5.41) is 3.89. The molecule has 3 heterocycles. The molecule has 0 radical (unpaired) electrons. The van der Waals surface area contributed by atoms with Gasteiger partial charge in [-0.3, -0.25) is 0 Å². The molecule has 0 aliphatic carbocycles. The molecule has 0 unspecified atom stereocenters. The first-order valence-electron chi connectivity index (χ1n) is 8.61. The summed E-state index contributed by atoms with van der Waals surface area (Å²) in [5.74, 6) is 0.614. The SMILES string of the molecule is O=C(NCc1ccc(F)cc1)N1CCN(c2ncnc3[nH]c(I)cc23)CC1. The third-order valence-electron chi connectivity index (χ3n) is 4.60. The van der Waals surface area contributed by atoms with E-state index in [2.05, 4.69) is 47.8 Å². The lowest BCUT2D eigenvalue weighted by molar-refractivity contribution is 0.194. The van der Waals surface area contributed by atoms with Crippen LogP contribution in [0.5, 0.6) is 0 Å². The van der Waals surface area contributed by atoms with E-state index < -0.39 is 0 Å². The van der Waals surface area contributed by atoms with Gasteiger partial charge in [-0.2, -0.15) is 0 Å². The van der Waals surface area contributed by atoms with Crippen molar-refractivity contribution in [3.05, 3.63) is 51.7 Å². The monoisotopic (exact) mass is 480 g/mol. The van der Waals surface area contributed by atoms with E-state index in [1.807, 2.05) is 6.07 Å². The number of nitrogens with zero attached hydrogens (tertiary/aromatic N) is 4. The molecule has 0 atom stereocenters. The smallest absolute Gasteiger partial charge is 0.317 e. The number of nitrogens with one attached hydrogen (secondary N) is 2. The molecule has 0 spiro atoms. The number of aromatic nitrogens is 3. The molecule has 3 aromatic rings. The highest BCUT2D eigenvalue weighted by Gasteiger charge is 2.23. The van der Waals surface area contributed by atoms with E-state index in [1.54, 1.807) is 23.4 Å². The Hall–Kier alpha value is -2.43. The van der Waals surface area contributed by atoms with Crippen LogP contribution in [0.25, 0.3) is 11.0 Å². The van der Waals surface area contributed by atoms with Gasteiger partial charge in [0.15, 0.2) is 0 Å². The van der Waals surface area contributed by atoms with Crippen LogP contribution in [-0.2, 0) is 6.54 Å². The van der Waals surface area contributed by atoms with Crippen molar-refractivity contribution < 1.29 is 9.18 Å². The maximum absolute atomic E-state index is 12.9. The van der Waals surface area contributed by atoms with Crippen molar-refractivity contribution in [2.45, 2.75) is 6.54 Å². The summed E-state index contributed by atoms with van der Waals surface area (Å²) in [4.78, 5) is 28.3. The molecule has 4 rings (SSSR count). The summed E-state index contributed by atoms with van der Waals surface area (Å²) in [5.41, 5.74) is 1.69. The molecule has 2 amide bonds. The zero-order chi connectivity index (χ0) is 18.8. The van der Waals surface area contributed by atoms with E-state index in [9.17, 15) is 9.18 Å². The van der Waals surface area contributed by atoms with Crippen LogP contribution in [0.3, 0.4) is 0 Å². The average Bonchev–Trinajstić information content (AvgIpc) is 3.07. The number of carbonyl (C=O) groups excluding carboxylic acids is 1. The summed E-state index contributed by atoms with van der Waals surface area (Å²) >= 11 is 2.22. The highest BCUT2D eigenvalue weighted by Crippen LogP contribution is 2.25. The lowest BCUT2D eigenvalue weighted by Gasteiger charge is -2.35. The van der Waals surface area contributed by atoms with Gasteiger partial charge in [-0.25, -0.2) is 19.2 Å². The number of halogens is 2. The zero-order valence-corrected chi connectivity index (χ0v) is 16.6. The first kappa shape index (κ1) is 18.0. The van der Waals surface area contributed by atoms with Crippen LogP contribution in [0.2, 0.25) is 0 Å². The first-order valence-corrected chi connectivity index (χ1v) is 9.69. The van der Waals surface area contributed by atoms with Crippen molar-refractivity contribution in [1.82, 2.24) is 25.2 Å². The minimum atomic E-state index is -0.280. The predicted octanol–water partition coefficient (Wildman–Crippen LogP) is 2.73. The molecular formula is C18H18FIN6O. The van der Waals surface area contributed by atoms with Crippen LogP contribution in [0.4, 0.5) is 15.0 Å². The van der Waals surface area contributed by atoms with Crippen molar-refractivity contribution in [1.29, 1.82) is 0 Å². The van der Waals surface area contributed by atoms with Crippen LogP contribution in [0.15, 0.2) is 36.7 Å². The molecule has 27 heavy (non-hydrogen) atoms. The Morgan fingerprint density at radius 2 is 1.93 bits per heavy atom. The molecular weight excluding hydrogens is 462 g/mol. The molecule has 2 aromatic heterocycles. The number of rotatable bonds is 3. The van der Waals surface area contributed by atoms with Gasteiger partial charge in [0.05, 0.1) is 9.09 Å². The topological polar surface area (TPSA) is 77.2 Å². The summed E-state index contributed by atoms with van der Waals surface area (Å²) in [6, 6.07) is 8.06. The van der Waals surface area contributed by atoms with Crippen molar-refractivity contribution in [2.24, 2.45) is 0 Å². The van der Waals surface area contributed by atoms with Gasteiger partial charge in [-0.05, 0) is 46.4 Å². The third-order valence-corrected chi connectivity index (χ3v) is 5.18. The molecule has 0 saturated carbocycles. The Morgan fingerprint density at radius 1 is 1.19 bits per heavy atom. The molecule has 1 aliphatic heterocycles. The molecule has 1 aromatic carbocycles. The second-order valence-electron chi connectivity index (χ2n) is 6.34. The van der Waals surface area contributed by atoms with Gasteiger partial charge in [-0.15, -0.1) is 0 Å². The standard InChI is InChI=1S/C18H18FIN6O/c19-13-3-1-12(2-4-13)10-21-18(27)26-7-5-25(6-8-26)17-14-9-15(20)24-16(14)22-11-23-17/h1-4,9,11H,5-8,10H2,(H,21,27)(H,22,23,24). The number of H-pyrrole nitrogens is 1. The van der Waals surface area contributed by atoms with Crippen LogP contribution in [0.1, 0.15) is 5.56 Å². The van der Waals surface area contributed by atoms with E-state index >= 15 is 0 Å². The van der Waals surface area contributed by atoms with E-state index in [-0.39, 0.29) is 11.8 Å². The van der Waals surface area contributed by atoms with Crippen molar-refractivity contribution in [2.75, 3.05) is 31.1 Å². The summed E-state index contributed by atoms with van der Waals surface area (Å²) in [6.07, 6.45) is 1.56. The fourth-order valence-electron chi connectivity index (χ4n) is 3.16. The van der Waals surface area contributed by atoms with E-state index in [4.69, 9.17) is 0 Å². The maximum Gasteiger partial charge on any atom is 0.317 e. The third kappa shape index (κ3) is 3.97. The molecule has 0 bridgehead atoms. The maximum atomic E-state index is 12.9. The first-order chi connectivity index (χ1) is 13.1. The molecule has 1 saturated heterocycles. The number of fused-ring (bicyclic) bond motifs is 1. The summed E-state index contributed by atoms with van der Waals surface area (Å²) in [6.45, 7) is 3.02. The Morgan fingerprint density at radius 3 is 2.67 bits per heavy atom. The number of piperazine rings is 1. The van der Waals surface area contributed by atoms with Gasteiger partial charge in [0, 0.05) is 32.7 Å². The van der Waals surface area contributed by atoms with Gasteiger partial charge >= 0.3 is 6.03 Å². The minimum Gasteiger partial charge on any atom is -0.352 e. The molecule has 140 valence electrons. The van der Waals surface area contributed by atoms with Crippen LogP contribution in [-0.4, -0.2) is 52.1 Å².